The zero-order valence-corrected chi connectivity index (χ0v) is 13.1. The fourth-order valence-corrected chi connectivity index (χ4v) is 2.90. The second-order valence-corrected chi connectivity index (χ2v) is 5.73. The van der Waals surface area contributed by atoms with Gasteiger partial charge < -0.3 is 15.5 Å². The lowest BCUT2D eigenvalue weighted by Crippen LogP contribution is -2.22. The third-order valence-corrected chi connectivity index (χ3v) is 4.07. The van der Waals surface area contributed by atoms with Crippen molar-refractivity contribution in [3.05, 3.63) is 58.1 Å². The molecule has 0 saturated carbocycles. The van der Waals surface area contributed by atoms with Gasteiger partial charge in [0, 0.05) is 22.1 Å². The summed E-state index contributed by atoms with van der Waals surface area (Å²) in [5, 5.41) is 22.8. The van der Waals surface area contributed by atoms with Gasteiger partial charge in [0.25, 0.3) is 0 Å². The molecule has 2 aromatic rings. The predicted octanol–water partition coefficient (Wildman–Crippen LogP) is 4.27. The van der Waals surface area contributed by atoms with Crippen LogP contribution in [0.1, 0.15) is 37.1 Å². The van der Waals surface area contributed by atoms with Crippen LogP contribution in [0, 0.1) is 0 Å². The Labute approximate surface area is 127 Å². The van der Waals surface area contributed by atoms with Crippen molar-refractivity contribution in [2.75, 3.05) is 0 Å². The summed E-state index contributed by atoms with van der Waals surface area (Å²) in [4.78, 5) is 0. The van der Waals surface area contributed by atoms with Crippen molar-refractivity contribution >= 4 is 15.9 Å². The molecule has 106 valence electrons. The van der Waals surface area contributed by atoms with Gasteiger partial charge in [-0.1, -0.05) is 34.1 Å². The smallest absolute Gasteiger partial charge is 0.120 e. The Balaban J connectivity index is 2.17. The Morgan fingerprint density at radius 1 is 0.950 bits per heavy atom. The molecule has 0 bridgehead atoms. The van der Waals surface area contributed by atoms with Crippen LogP contribution in [0.3, 0.4) is 0 Å². The first-order valence-corrected chi connectivity index (χ1v) is 7.30. The highest BCUT2D eigenvalue weighted by Crippen LogP contribution is 2.30. The summed E-state index contributed by atoms with van der Waals surface area (Å²) < 4.78 is 1.05. The van der Waals surface area contributed by atoms with E-state index in [-0.39, 0.29) is 23.6 Å². The Kier molecular flexibility index (Phi) is 4.68. The summed E-state index contributed by atoms with van der Waals surface area (Å²) in [5.41, 5.74) is 1.84. The molecule has 0 aromatic heterocycles. The van der Waals surface area contributed by atoms with E-state index in [1.807, 2.05) is 25.1 Å². The SMILES string of the molecule is CC(N[C@H](C)c1ccccc1Br)c1cc(O)ccc1O. The molecular weight excluding hydrogens is 318 g/mol. The van der Waals surface area contributed by atoms with Crippen molar-refractivity contribution in [1.82, 2.24) is 5.32 Å². The van der Waals surface area contributed by atoms with E-state index in [1.165, 1.54) is 12.1 Å². The lowest BCUT2D eigenvalue weighted by molar-refractivity contribution is 0.429. The third kappa shape index (κ3) is 3.32. The maximum Gasteiger partial charge on any atom is 0.120 e. The highest BCUT2D eigenvalue weighted by Gasteiger charge is 2.16. The monoisotopic (exact) mass is 335 g/mol. The maximum atomic E-state index is 9.88. The molecule has 0 radical (unpaired) electrons. The minimum Gasteiger partial charge on any atom is -0.508 e. The van der Waals surface area contributed by atoms with Crippen LogP contribution in [0.25, 0.3) is 0 Å². The molecule has 0 aliphatic carbocycles. The second-order valence-electron chi connectivity index (χ2n) is 4.87. The predicted molar refractivity (Wildman–Crippen MR) is 83.9 cm³/mol. The number of hydrogen-bond acceptors (Lipinski definition) is 3. The molecule has 0 fully saturated rings. The molecule has 3 nitrogen and oxygen atoms in total. The molecule has 0 aliphatic heterocycles. The third-order valence-electron chi connectivity index (χ3n) is 3.35. The van der Waals surface area contributed by atoms with Crippen LogP contribution in [0.5, 0.6) is 11.5 Å². The number of nitrogens with one attached hydrogen (secondary N) is 1. The fourth-order valence-electron chi connectivity index (χ4n) is 2.27. The molecule has 1 unspecified atom stereocenters. The molecule has 0 heterocycles. The van der Waals surface area contributed by atoms with Crippen molar-refractivity contribution in [3.8, 4) is 11.5 Å². The first-order valence-electron chi connectivity index (χ1n) is 6.51. The zero-order chi connectivity index (χ0) is 14.7. The molecular formula is C16H18BrNO2. The van der Waals surface area contributed by atoms with Crippen molar-refractivity contribution in [3.63, 3.8) is 0 Å². The Bertz CT molecular complexity index is 601. The van der Waals surface area contributed by atoms with Gasteiger partial charge >= 0.3 is 0 Å². The van der Waals surface area contributed by atoms with Crippen molar-refractivity contribution < 1.29 is 10.2 Å². The Morgan fingerprint density at radius 3 is 2.30 bits per heavy atom. The zero-order valence-electron chi connectivity index (χ0n) is 11.5. The molecule has 0 saturated heterocycles. The average Bonchev–Trinajstić information content (AvgIpc) is 2.41. The molecule has 0 spiro atoms. The fraction of sp³-hybridized carbons (Fsp3) is 0.250. The summed E-state index contributed by atoms with van der Waals surface area (Å²) >= 11 is 3.54. The summed E-state index contributed by atoms with van der Waals surface area (Å²) in [7, 11) is 0. The number of aromatic hydroxyl groups is 2. The molecule has 4 heteroatoms. The maximum absolute atomic E-state index is 9.88. The minimum atomic E-state index is -0.0794. The molecule has 3 N–H and O–H groups in total. The van der Waals surface area contributed by atoms with Gasteiger partial charge in [0.05, 0.1) is 0 Å². The Hall–Kier alpha value is -1.52. The van der Waals surface area contributed by atoms with Crippen LogP contribution in [0.4, 0.5) is 0 Å². The summed E-state index contributed by atoms with van der Waals surface area (Å²) in [6.07, 6.45) is 0. The standard InChI is InChI=1S/C16H18BrNO2/c1-10(13-5-3-4-6-15(13)17)18-11(2)14-9-12(19)7-8-16(14)20/h3-11,18-20H,1-2H3/t10-,11?/m1/s1. The van der Waals surface area contributed by atoms with Gasteiger partial charge in [-0.3, -0.25) is 0 Å². The van der Waals surface area contributed by atoms with Crippen molar-refractivity contribution in [2.45, 2.75) is 25.9 Å². The summed E-state index contributed by atoms with van der Waals surface area (Å²) in [6.45, 7) is 4.03. The number of hydrogen-bond donors (Lipinski definition) is 3. The molecule has 0 amide bonds. The molecule has 0 aliphatic rings. The second kappa shape index (κ2) is 6.29. The quantitative estimate of drug-likeness (QED) is 0.731. The van der Waals surface area contributed by atoms with Gasteiger partial charge in [-0.05, 0) is 43.7 Å². The van der Waals surface area contributed by atoms with Gasteiger partial charge in [-0.15, -0.1) is 0 Å². The van der Waals surface area contributed by atoms with Gasteiger partial charge in [0.2, 0.25) is 0 Å². The van der Waals surface area contributed by atoms with Gasteiger partial charge in [-0.2, -0.15) is 0 Å². The van der Waals surface area contributed by atoms with Crippen molar-refractivity contribution in [1.29, 1.82) is 0 Å². The topological polar surface area (TPSA) is 52.5 Å². The van der Waals surface area contributed by atoms with Gasteiger partial charge in [-0.25, -0.2) is 0 Å². The van der Waals surface area contributed by atoms with Crippen LogP contribution >= 0.6 is 15.9 Å². The van der Waals surface area contributed by atoms with E-state index in [1.54, 1.807) is 6.07 Å². The van der Waals surface area contributed by atoms with Gasteiger partial charge in [0.15, 0.2) is 0 Å². The van der Waals surface area contributed by atoms with Crippen LogP contribution in [0.15, 0.2) is 46.9 Å². The lowest BCUT2D eigenvalue weighted by atomic mass is 10.0. The average molecular weight is 336 g/mol. The van der Waals surface area contributed by atoms with E-state index in [4.69, 9.17) is 0 Å². The first kappa shape index (κ1) is 14.9. The number of phenols is 2. The highest BCUT2D eigenvalue weighted by atomic mass is 79.9. The van der Waals surface area contributed by atoms with Crippen LogP contribution in [-0.4, -0.2) is 10.2 Å². The Morgan fingerprint density at radius 2 is 1.60 bits per heavy atom. The largest absolute Gasteiger partial charge is 0.508 e. The van der Waals surface area contributed by atoms with E-state index in [2.05, 4.69) is 34.2 Å². The normalized spacial score (nSPS) is 13.9. The van der Waals surface area contributed by atoms with Crippen LogP contribution < -0.4 is 5.32 Å². The summed E-state index contributed by atoms with van der Waals surface area (Å²) in [5.74, 6) is 0.335. The van der Waals surface area contributed by atoms with E-state index in [9.17, 15) is 10.2 Å². The lowest BCUT2D eigenvalue weighted by Gasteiger charge is -2.22. The molecule has 2 aromatic carbocycles. The van der Waals surface area contributed by atoms with Crippen molar-refractivity contribution in [2.24, 2.45) is 0 Å². The minimum absolute atomic E-state index is 0.0794. The summed E-state index contributed by atoms with van der Waals surface area (Å²) in [6, 6.07) is 12.6. The van der Waals surface area contributed by atoms with E-state index in [0.717, 1.165) is 10.0 Å². The molecule has 2 atom stereocenters. The highest BCUT2D eigenvalue weighted by molar-refractivity contribution is 9.10. The van der Waals surface area contributed by atoms with E-state index < -0.39 is 0 Å². The number of rotatable bonds is 4. The van der Waals surface area contributed by atoms with Crippen LogP contribution in [0.2, 0.25) is 0 Å². The number of benzene rings is 2. The van der Waals surface area contributed by atoms with E-state index in [0.29, 0.717) is 5.56 Å². The molecule has 2 rings (SSSR count). The van der Waals surface area contributed by atoms with E-state index >= 15 is 0 Å². The van der Waals surface area contributed by atoms with Gasteiger partial charge in [0.1, 0.15) is 11.5 Å². The number of halogens is 1. The number of phenolic OH excluding ortho intramolecular Hbond substituents is 2. The first-order chi connectivity index (χ1) is 9.49. The van der Waals surface area contributed by atoms with Crippen LogP contribution in [-0.2, 0) is 0 Å². The molecule has 20 heavy (non-hydrogen) atoms.